The lowest BCUT2D eigenvalue weighted by Gasteiger charge is -2.05. The summed E-state index contributed by atoms with van der Waals surface area (Å²) in [6.45, 7) is 8.25. The summed E-state index contributed by atoms with van der Waals surface area (Å²) >= 11 is 0. The van der Waals surface area contributed by atoms with E-state index in [1.54, 1.807) is 0 Å². The van der Waals surface area contributed by atoms with Crippen molar-refractivity contribution in [3.8, 4) is 0 Å². The Morgan fingerprint density at radius 3 is 2.07 bits per heavy atom. The van der Waals surface area contributed by atoms with Gasteiger partial charge in [0.1, 0.15) is 0 Å². The fourth-order valence-corrected chi connectivity index (χ4v) is 1.04. The van der Waals surface area contributed by atoms with Crippen molar-refractivity contribution in [2.24, 2.45) is 5.92 Å². The Balaban J connectivity index is 0. The van der Waals surface area contributed by atoms with E-state index < -0.39 is 10.6 Å². The molecule has 2 nitrogen and oxygen atoms in total. The Hall–Kier alpha value is -0.450. The van der Waals surface area contributed by atoms with Crippen LogP contribution in [0.4, 0.5) is 7.77 Å². The molecule has 0 heterocycles. The highest BCUT2D eigenvalue weighted by Crippen LogP contribution is 2.11. The first-order valence-electron chi connectivity index (χ1n) is 4.56. The van der Waals surface area contributed by atoms with Crippen LogP contribution in [0.5, 0.6) is 0 Å². The van der Waals surface area contributed by atoms with Crippen LogP contribution in [0, 0.1) is 5.92 Å². The molecule has 0 saturated heterocycles. The van der Waals surface area contributed by atoms with E-state index in [1.165, 1.54) is 25.7 Å². The third-order valence-electron chi connectivity index (χ3n) is 1.65. The molecule has 0 aromatic carbocycles. The van der Waals surface area contributed by atoms with Crippen LogP contribution < -0.4 is 0 Å². The Bertz CT molecular complexity index is 217. The van der Waals surface area contributed by atoms with Crippen molar-refractivity contribution in [3.05, 3.63) is 12.7 Å². The van der Waals surface area contributed by atoms with Crippen molar-refractivity contribution in [1.29, 1.82) is 0 Å². The van der Waals surface area contributed by atoms with E-state index >= 15 is 0 Å². The second kappa shape index (κ2) is 9.12. The minimum atomic E-state index is -5.67. The van der Waals surface area contributed by atoms with Crippen molar-refractivity contribution in [3.63, 3.8) is 0 Å². The molecule has 5 heteroatoms. The average molecular weight is 228 g/mol. The van der Waals surface area contributed by atoms with Gasteiger partial charge in [0.15, 0.2) is 0 Å². The van der Waals surface area contributed by atoms with Gasteiger partial charge in [0.2, 0.25) is 0 Å². The zero-order valence-electron chi connectivity index (χ0n) is 8.67. The average Bonchev–Trinajstić information content (AvgIpc) is 1.98. The fraction of sp³-hybridized carbons (Fsp3) is 0.778. The summed E-state index contributed by atoms with van der Waals surface area (Å²) < 4.78 is 36.6. The molecule has 0 N–H and O–H groups in total. The summed E-state index contributed by atoms with van der Waals surface area (Å²) in [7, 11) is -5.67. The predicted molar refractivity (Wildman–Crippen MR) is 54.6 cm³/mol. The SMILES string of the molecule is C=CCCC(C)CCC.O=S(=O)(F)F. The maximum absolute atomic E-state index is 9.99. The van der Waals surface area contributed by atoms with Crippen LogP contribution in [-0.2, 0) is 10.6 Å². The molecular formula is C9H18F2O2S. The van der Waals surface area contributed by atoms with Gasteiger partial charge in [-0.15, -0.1) is 6.58 Å². The van der Waals surface area contributed by atoms with E-state index in [-0.39, 0.29) is 0 Å². The van der Waals surface area contributed by atoms with Crippen LogP contribution in [0.3, 0.4) is 0 Å². The fourth-order valence-electron chi connectivity index (χ4n) is 1.04. The van der Waals surface area contributed by atoms with Gasteiger partial charge in [-0.25, -0.2) is 0 Å². The highest BCUT2D eigenvalue weighted by atomic mass is 32.3. The lowest BCUT2D eigenvalue weighted by atomic mass is 10.0. The van der Waals surface area contributed by atoms with Crippen molar-refractivity contribution in [1.82, 2.24) is 0 Å². The van der Waals surface area contributed by atoms with Gasteiger partial charge < -0.3 is 0 Å². The number of hydrogen-bond acceptors (Lipinski definition) is 2. The number of rotatable bonds is 5. The monoisotopic (exact) mass is 228 g/mol. The first-order valence-corrected chi connectivity index (χ1v) is 5.84. The maximum Gasteiger partial charge on any atom is 0.476 e. The first kappa shape index (κ1) is 16.0. The third kappa shape index (κ3) is 30.0. The minimum absolute atomic E-state index is 0.896. The summed E-state index contributed by atoms with van der Waals surface area (Å²) in [6, 6.07) is 0. The molecule has 0 bridgehead atoms. The molecule has 0 spiro atoms. The topological polar surface area (TPSA) is 34.1 Å². The van der Waals surface area contributed by atoms with Crippen LogP contribution in [0.2, 0.25) is 0 Å². The summed E-state index contributed by atoms with van der Waals surface area (Å²) in [5, 5.41) is 0. The highest BCUT2D eigenvalue weighted by Gasteiger charge is 1.96. The van der Waals surface area contributed by atoms with E-state index in [1.807, 2.05) is 6.08 Å². The zero-order valence-corrected chi connectivity index (χ0v) is 9.49. The molecular weight excluding hydrogens is 210 g/mol. The molecule has 0 amide bonds. The van der Waals surface area contributed by atoms with Crippen molar-refractivity contribution < 1.29 is 16.2 Å². The molecule has 0 aromatic heterocycles. The number of allylic oxidation sites excluding steroid dienone is 1. The van der Waals surface area contributed by atoms with Crippen LogP contribution in [0.1, 0.15) is 39.5 Å². The van der Waals surface area contributed by atoms with Gasteiger partial charge in [0.05, 0.1) is 0 Å². The van der Waals surface area contributed by atoms with E-state index in [0.29, 0.717) is 0 Å². The first-order chi connectivity index (χ1) is 6.31. The molecule has 0 aliphatic heterocycles. The zero-order chi connectivity index (χ0) is 11.6. The van der Waals surface area contributed by atoms with E-state index in [2.05, 4.69) is 20.4 Å². The lowest BCUT2D eigenvalue weighted by molar-refractivity contribution is 0.491. The molecule has 0 radical (unpaired) electrons. The van der Waals surface area contributed by atoms with Crippen LogP contribution >= 0.6 is 0 Å². The predicted octanol–water partition coefficient (Wildman–Crippen LogP) is 3.56. The maximum atomic E-state index is 9.99. The van der Waals surface area contributed by atoms with Gasteiger partial charge in [-0.05, 0) is 18.8 Å². The second-order valence-electron chi connectivity index (χ2n) is 3.14. The van der Waals surface area contributed by atoms with Crippen molar-refractivity contribution >= 4 is 10.6 Å². The standard InChI is InChI=1S/C9H18.F2O2S/c1-4-6-8-9(3)7-5-2;1-5(2,3)4/h4,9H,1,5-8H2,2-3H3;. The summed E-state index contributed by atoms with van der Waals surface area (Å²) in [5.74, 6) is 0.896. The second-order valence-corrected chi connectivity index (χ2v) is 3.89. The Morgan fingerprint density at radius 1 is 1.36 bits per heavy atom. The highest BCUT2D eigenvalue weighted by molar-refractivity contribution is 7.81. The molecule has 0 saturated carbocycles. The van der Waals surface area contributed by atoms with Crippen LogP contribution in [0.15, 0.2) is 12.7 Å². The van der Waals surface area contributed by atoms with Gasteiger partial charge in [0.25, 0.3) is 0 Å². The lowest BCUT2D eigenvalue weighted by Crippen LogP contribution is -1.91. The van der Waals surface area contributed by atoms with Gasteiger partial charge >= 0.3 is 10.6 Å². The summed E-state index contributed by atoms with van der Waals surface area (Å²) in [4.78, 5) is 0. The molecule has 1 atom stereocenters. The largest absolute Gasteiger partial charge is 0.476 e. The van der Waals surface area contributed by atoms with Crippen LogP contribution in [-0.4, -0.2) is 8.42 Å². The minimum Gasteiger partial charge on any atom is -0.160 e. The van der Waals surface area contributed by atoms with E-state index in [4.69, 9.17) is 8.42 Å². The molecule has 0 aliphatic rings. The molecule has 0 rings (SSSR count). The van der Waals surface area contributed by atoms with Gasteiger partial charge in [-0.1, -0.05) is 40.5 Å². The molecule has 1 unspecified atom stereocenters. The molecule has 0 fully saturated rings. The quantitative estimate of drug-likeness (QED) is 0.532. The summed E-state index contributed by atoms with van der Waals surface area (Å²) in [5.41, 5.74) is 0. The molecule has 86 valence electrons. The van der Waals surface area contributed by atoms with Crippen molar-refractivity contribution in [2.45, 2.75) is 39.5 Å². The van der Waals surface area contributed by atoms with E-state index in [9.17, 15) is 7.77 Å². The molecule has 0 aliphatic carbocycles. The van der Waals surface area contributed by atoms with Gasteiger partial charge in [-0.2, -0.15) is 8.42 Å². The third-order valence-corrected chi connectivity index (χ3v) is 1.65. The molecule has 0 aromatic rings. The van der Waals surface area contributed by atoms with Crippen LogP contribution in [0.25, 0.3) is 0 Å². The Labute approximate surface area is 85.5 Å². The van der Waals surface area contributed by atoms with Gasteiger partial charge in [-0.3, -0.25) is 0 Å². The number of halogens is 2. The Morgan fingerprint density at radius 2 is 1.79 bits per heavy atom. The molecule has 14 heavy (non-hydrogen) atoms. The van der Waals surface area contributed by atoms with Crippen molar-refractivity contribution in [2.75, 3.05) is 0 Å². The van der Waals surface area contributed by atoms with E-state index in [0.717, 1.165) is 5.92 Å². The normalized spacial score (nSPS) is 12.6. The smallest absolute Gasteiger partial charge is 0.160 e. The number of hydrogen-bond donors (Lipinski definition) is 0. The summed E-state index contributed by atoms with van der Waals surface area (Å²) in [6.07, 6.45) is 7.19. The van der Waals surface area contributed by atoms with Gasteiger partial charge in [0, 0.05) is 0 Å². The Kier molecular flexibility index (Phi) is 10.4.